The minimum Gasteiger partial charge on any atom is -0.445 e. The lowest BCUT2D eigenvalue weighted by Crippen LogP contribution is -2.45. The molecule has 1 fully saturated rings. The van der Waals surface area contributed by atoms with E-state index in [0.717, 1.165) is 44.9 Å². The van der Waals surface area contributed by atoms with Gasteiger partial charge >= 0.3 is 12.2 Å². The molecule has 0 aromatic heterocycles. The zero-order valence-corrected chi connectivity index (χ0v) is 36.6. The predicted octanol–water partition coefficient (Wildman–Crippen LogP) is 6.53. The molecule has 6 atom stereocenters. The quantitative estimate of drug-likeness (QED) is 0.0806. The first-order chi connectivity index (χ1) is 25.3. The fraction of sp³-hybridized carbons (Fsp3) is 0.944. The van der Waals surface area contributed by atoms with Crippen LogP contribution in [0.1, 0.15) is 121 Å². The van der Waals surface area contributed by atoms with Crippen LogP contribution >= 0.6 is 0 Å². The van der Waals surface area contributed by atoms with Gasteiger partial charge in [-0.2, -0.15) is 4.31 Å². The van der Waals surface area contributed by atoms with Crippen molar-refractivity contribution in [1.82, 2.24) is 14.9 Å². The number of alkyl carbamates (subject to hydrolysis) is 2. The van der Waals surface area contributed by atoms with Crippen molar-refractivity contribution < 1.29 is 57.4 Å². The molecule has 0 radical (unpaired) electrons. The van der Waals surface area contributed by atoms with E-state index in [1.807, 2.05) is 20.8 Å². The molecule has 0 aromatic carbocycles. The Balaban J connectivity index is -0.000000233. The van der Waals surface area contributed by atoms with Crippen LogP contribution in [0.2, 0.25) is 0 Å². The molecule has 6 unspecified atom stereocenters. The van der Waals surface area contributed by atoms with Crippen molar-refractivity contribution >= 4 is 56.7 Å². The van der Waals surface area contributed by atoms with Crippen LogP contribution in [0, 0.1) is 5.92 Å². The van der Waals surface area contributed by atoms with E-state index < -0.39 is 62.3 Å². The Bertz CT molecular complexity index is 1030. The van der Waals surface area contributed by atoms with E-state index in [4.69, 9.17) is 26.8 Å². The molecule has 342 valence electrons. The second kappa shape index (κ2) is 43.5. The molecule has 0 aromatic rings. The Morgan fingerprint density at radius 2 is 1.34 bits per heavy atom. The van der Waals surface area contributed by atoms with Crippen LogP contribution in [0.4, 0.5) is 9.59 Å². The van der Waals surface area contributed by atoms with E-state index in [1.54, 1.807) is 4.31 Å². The van der Waals surface area contributed by atoms with Crippen LogP contribution in [-0.2, 0) is 75.5 Å². The Morgan fingerprint density at radius 3 is 1.82 bits per heavy atom. The molecule has 2 N–H and O–H groups in total. The van der Waals surface area contributed by atoms with Gasteiger partial charge < -0.3 is 24.8 Å². The number of carbonyl (C=O) groups is 2. The van der Waals surface area contributed by atoms with Gasteiger partial charge in [0.2, 0.25) is 11.3 Å². The topological polar surface area (TPSA) is 194 Å². The maximum Gasteiger partial charge on any atom is 0.407 e. The van der Waals surface area contributed by atoms with Gasteiger partial charge in [-0.3, -0.25) is 16.7 Å². The highest BCUT2D eigenvalue weighted by atomic mass is 32.2. The highest BCUT2D eigenvalue weighted by molar-refractivity contribution is 7.80. The summed E-state index contributed by atoms with van der Waals surface area (Å²) in [6.07, 6.45) is 12.8. The minimum absolute atomic E-state index is 0. The third-order valence-corrected chi connectivity index (χ3v) is 10.7. The summed E-state index contributed by atoms with van der Waals surface area (Å²) in [4.78, 5) is 23.4. The summed E-state index contributed by atoms with van der Waals surface area (Å²) < 4.78 is 80.4. The summed E-state index contributed by atoms with van der Waals surface area (Å²) in [5.41, 5.74) is -0.877. The molecular formula is C36H81N3O13S4. The van der Waals surface area contributed by atoms with Crippen LogP contribution in [0.25, 0.3) is 0 Å². The van der Waals surface area contributed by atoms with Gasteiger partial charge in [0.1, 0.15) is 6.61 Å². The maximum absolute atomic E-state index is 11.8. The molecule has 20 heteroatoms. The number of nitrogens with one attached hydrogen (secondary N) is 2. The maximum atomic E-state index is 11.8. The lowest BCUT2D eigenvalue weighted by Gasteiger charge is -2.27. The van der Waals surface area contributed by atoms with Gasteiger partial charge in [0.15, 0.2) is 38.8 Å². The number of hydrogen-bond donors (Lipinski definition) is 2. The summed E-state index contributed by atoms with van der Waals surface area (Å²) >= 11 is -5.05. The monoisotopic (exact) mass is 891 g/mol. The summed E-state index contributed by atoms with van der Waals surface area (Å²) in [5.74, 6) is 1.06. The van der Waals surface area contributed by atoms with Crippen LogP contribution in [-0.4, -0.2) is 131 Å². The summed E-state index contributed by atoms with van der Waals surface area (Å²) in [7, 11) is 2.84. The SMILES string of the molecule is C.C.C.CCCCCC(CCOS(C)=O)CCS(=O)OC.CCCCNC(=O)OCC1(OC(=O)NCCCC)CCOC1.CCN(CCOS(C)=O)S(=O)OC. The standard InChI is InChI=1S/C15H28N2O5.C12H26O4S2.C6H15NO4S2.3CH4/c1-3-5-8-16-13(18)21-12-15(7-10-20-11-15)22-14(19)17-9-6-4-2;1-4-5-6-7-12(8-10-16-17(3)13)9-11-18(14)15-2;1-4-7(13(9)10-2)5-6-11-12(3)8;;;/h3-12H2,1-2H3,(H,16,18)(H,17,19);12H,4-11H2,1-3H3;4-6H2,1-3H3;3*1H4. The number of nitrogens with zero attached hydrogens (tertiary/aromatic N) is 1. The third-order valence-electron chi connectivity index (χ3n) is 7.61. The number of ether oxygens (including phenoxy) is 3. The first kappa shape index (κ1) is 64.1. The van der Waals surface area contributed by atoms with E-state index >= 15 is 0 Å². The van der Waals surface area contributed by atoms with Crippen molar-refractivity contribution in [2.45, 2.75) is 126 Å². The summed E-state index contributed by atoms with van der Waals surface area (Å²) in [6, 6.07) is 0. The van der Waals surface area contributed by atoms with E-state index in [9.17, 15) is 26.4 Å². The zero-order valence-electron chi connectivity index (χ0n) is 33.3. The fourth-order valence-corrected chi connectivity index (χ4v) is 6.50. The van der Waals surface area contributed by atoms with Gasteiger partial charge in [-0.05, 0) is 31.6 Å². The van der Waals surface area contributed by atoms with Crippen LogP contribution < -0.4 is 10.6 Å². The molecule has 0 spiro atoms. The van der Waals surface area contributed by atoms with Crippen LogP contribution in [0.3, 0.4) is 0 Å². The van der Waals surface area contributed by atoms with Gasteiger partial charge in [0.05, 0.1) is 40.6 Å². The Morgan fingerprint density at radius 1 is 0.768 bits per heavy atom. The van der Waals surface area contributed by atoms with Gasteiger partial charge in [-0.1, -0.05) is 88.5 Å². The van der Waals surface area contributed by atoms with Crippen molar-refractivity contribution in [1.29, 1.82) is 0 Å². The Kier molecular flexibility index (Phi) is 49.7. The molecule has 1 aliphatic heterocycles. The van der Waals surface area contributed by atoms with E-state index in [-0.39, 0.29) is 42.1 Å². The normalized spacial score (nSPS) is 17.0. The number of rotatable bonds is 28. The summed E-state index contributed by atoms with van der Waals surface area (Å²) in [6.45, 7) is 11.9. The average molecular weight is 892 g/mol. The lowest BCUT2D eigenvalue weighted by molar-refractivity contribution is -0.0390. The van der Waals surface area contributed by atoms with Crippen LogP contribution in [0.5, 0.6) is 0 Å². The largest absolute Gasteiger partial charge is 0.445 e. The van der Waals surface area contributed by atoms with E-state index in [0.29, 0.717) is 57.5 Å². The second-order valence-corrected chi connectivity index (χ2v) is 16.7. The molecule has 0 bridgehead atoms. The van der Waals surface area contributed by atoms with Crippen molar-refractivity contribution in [2.24, 2.45) is 5.92 Å². The van der Waals surface area contributed by atoms with E-state index in [1.165, 1.54) is 46.0 Å². The molecule has 1 rings (SSSR count). The van der Waals surface area contributed by atoms with Crippen molar-refractivity contribution in [3.8, 4) is 0 Å². The van der Waals surface area contributed by atoms with Crippen molar-refractivity contribution in [3.05, 3.63) is 0 Å². The number of likely N-dealkylation sites (N-methyl/N-ethyl adjacent to an activating group) is 1. The molecule has 16 nitrogen and oxygen atoms in total. The molecule has 0 aliphatic carbocycles. The molecule has 0 saturated carbocycles. The number of hydrogen-bond acceptors (Lipinski definition) is 13. The number of carbonyl (C=O) groups excluding carboxylic acids is 2. The van der Waals surface area contributed by atoms with Gasteiger partial charge in [0.25, 0.3) is 0 Å². The molecule has 1 aliphatic rings. The van der Waals surface area contributed by atoms with Crippen molar-refractivity contribution in [3.63, 3.8) is 0 Å². The smallest absolute Gasteiger partial charge is 0.407 e. The number of unbranched alkanes of at least 4 members (excludes halogenated alkanes) is 4. The lowest BCUT2D eigenvalue weighted by atomic mass is 9.96. The molecule has 2 amide bonds. The highest BCUT2D eigenvalue weighted by Crippen LogP contribution is 2.24. The highest BCUT2D eigenvalue weighted by Gasteiger charge is 2.40. The first-order valence-corrected chi connectivity index (χ1v) is 23.6. The average Bonchev–Trinajstić information content (AvgIpc) is 3.59. The van der Waals surface area contributed by atoms with Crippen molar-refractivity contribution in [2.75, 3.05) is 91.7 Å². The van der Waals surface area contributed by atoms with Gasteiger partial charge in [-0.15, -0.1) is 0 Å². The van der Waals surface area contributed by atoms with E-state index in [2.05, 4.69) is 21.7 Å². The third kappa shape index (κ3) is 38.4. The van der Waals surface area contributed by atoms with Gasteiger partial charge in [-0.25, -0.2) is 26.4 Å². The molecule has 1 saturated heterocycles. The van der Waals surface area contributed by atoms with Gasteiger partial charge in [0, 0.05) is 50.9 Å². The Labute approximate surface area is 351 Å². The molecule has 1 heterocycles. The van der Waals surface area contributed by atoms with Crippen LogP contribution in [0.15, 0.2) is 0 Å². The zero-order chi connectivity index (χ0) is 40.3. The first-order valence-electron chi connectivity index (χ1n) is 18.4. The number of amides is 2. The fourth-order valence-electron chi connectivity index (χ4n) is 4.52. The summed E-state index contributed by atoms with van der Waals surface area (Å²) in [5, 5.41) is 5.35. The molecular weight excluding hydrogens is 811 g/mol. The molecule has 56 heavy (non-hydrogen) atoms. The predicted molar refractivity (Wildman–Crippen MR) is 231 cm³/mol. The second-order valence-electron chi connectivity index (χ2n) is 12.0. The minimum atomic E-state index is -1.43. The Hall–Kier alpha value is -1.10.